The molecule has 0 saturated heterocycles. The van der Waals surface area contributed by atoms with Gasteiger partial charge in [-0.2, -0.15) is 0 Å². The smallest absolute Gasteiger partial charge is 0.303 e. The van der Waals surface area contributed by atoms with Gasteiger partial charge in [0.25, 0.3) is 0 Å². The van der Waals surface area contributed by atoms with Gasteiger partial charge in [-0.15, -0.1) is 0 Å². The Labute approximate surface area is 68.2 Å². The lowest BCUT2D eigenvalue weighted by molar-refractivity contribution is -0.143. The van der Waals surface area contributed by atoms with Crippen LogP contribution in [0.5, 0.6) is 0 Å². The van der Waals surface area contributed by atoms with Crippen LogP contribution in [0.25, 0.3) is 0 Å². The summed E-state index contributed by atoms with van der Waals surface area (Å²) in [5.74, 6) is -0.562. The predicted octanol–water partition coefficient (Wildman–Crippen LogP) is 0.555. The summed E-state index contributed by atoms with van der Waals surface area (Å²) < 4.78 is 25.2. The van der Waals surface area contributed by atoms with Crippen LogP contribution in [0.1, 0.15) is 26.7 Å². The fraction of sp³-hybridized carbons (Fsp3) is 0.833. The molecule has 0 rings (SSSR count). The van der Waals surface area contributed by atoms with E-state index in [1.165, 1.54) is 6.92 Å². The van der Waals surface area contributed by atoms with Gasteiger partial charge in [0.15, 0.2) is 5.44 Å². The highest BCUT2D eigenvalue weighted by Gasteiger charge is 2.10. The van der Waals surface area contributed by atoms with Crippen molar-refractivity contribution in [2.75, 3.05) is 0 Å². The number of hydrogen-bond donors (Lipinski definition) is 0. The van der Waals surface area contributed by atoms with Crippen LogP contribution in [-0.2, 0) is 20.6 Å². The Bertz CT molecular complexity index is 157. The van der Waals surface area contributed by atoms with Crippen LogP contribution in [0, 0.1) is 0 Å². The minimum atomic E-state index is -2.32. The van der Waals surface area contributed by atoms with Gasteiger partial charge >= 0.3 is 5.97 Å². The molecule has 0 aromatic rings. The molecule has 0 bridgehead atoms. The highest BCUT2D eigenvalue weighted by molar-refractivity contribution is 7.79. The first kappa shape index (κ1) is 10.6. The van der Waals surface area contributed by atoms with E-state index in [1.54, 1.807) is 0 Å². The van der Waals surface area contributed by atoms with E-state index in [4.69, 9.17) is 0 Å². The number of hydrogen-bond acceptors (Lipinski definition) is 4. The normalized spacial score (nSPS) is 15.5. The van der Waals surface area contributed by atoms with Crippen LogP contribution < -0.4 is 0 Å². The summed E-state index contributed by atoms with van der Waals surface area (Å²) in [5.41, 5.74) is -0.975. The van der Waals surface area contributed by atoms with Crippen LogP contribution in [0.2, 0.25) is 0 Å². The topological polar surface area (TPSA) is 66.4 Å². The Hall–Kier alpha value is -0.420. The minimum Gasteiger partial charge on any atom is -0.770 e. The predicted molar refractivity (Wildman–Crippen MR) is 39.4 cm³/mol. The lowest BCUT2D eigenvalue weighted by Gasteiger charge is -2.18. The van der Waals surface area contributed by atoms with Crippen molar-refractivity contribution in [1.29, 1.82) is 0 Å². The summed E-state index contributed by atoms with van der Waals surface area (Å²) in [6.45, 7) is 3.01. The molecule has 0 aromatic carbocycles. The van der Waals surface area contributed by atoms with E-state index in [1.807, 2.05) is 6.92 Å². The quantitative estimate of drug-likeness (QED) is 0.467. The van der Waals surface area contributed by atoms with Crippen molar-refractivity contribution < 1.29 is 18.3 Å². The van der Waals surface area contributed by atoms with Gasteiger partial charge in [0, 0.05) is 6.92 Å². The second kappa shape index (κ2) is 5.26. The maximum Gasteiger partial charge on any atom is 0.303 e. The Morgan fingerprint density at radius 2 is 2.27 bits per heavy atom. The van der Waals surface area contributed by atoms with Gasteiger partial charge in [0.05, 0.1) is 0 Å². The summed E-state index contributed by atoms with van der Waals surface area (Å²) in [6, 6.07) is 0. The molecule has 0 saturated carbocycles. The van der Waals surface area contributed by atoms with Crippen LogP contribution in [-0.4, -0.2) is 20.2 Å². The van der Waals surface area contributed by atoms with Crippen molar-refractivity contribution in [2.45, 2.75) is 32.1 Å². The van der Waals surface area contributed by atoms with Gasteiger partial charge in [-0.1, -0.05) is 13.3 Å². The van der Waals surface area contributed by atoms with E-state index in [-0.39, 0.29) is 0 Å². The number of carbonyl (C=O) groups excluding carboxylic acids is 1. The summed E-state index contributed by atoms with van der Waals surface area (Å²) in [4.78, 5) is 10.3. The van der Waals surface area contributed by atoms with E-state index >= 15 is 0 Å². The first-order chi connectivity index (χ1) is 5.07. The molecular weight excluding hydrogens is 168 g/mol. The highest BCUT2D eigenvalue weighted by atomic mass is 32.2. The molecule has 66 valence electrons. The second-order valence-electron chi connectivity index (χ2n) is 2.09. The molecular formula is C6H11O4S-. The van der Waals surface area contributed by atoms with Gasteiger partial charge < -0.3 is 9.29 Å². The largest absolute Gasteiger partial charge is 0.770 e. The van der Waals surface area contributed by atoms with Crippen LogP contribution >= 0.6 is 0 Å². The lowest BCUT2D eigenvalue weighted by Crippen LogP contribution is -2.21. The Morgan fingerprint density at radius 1 is 1.73 bits per heavy atom. The zero-order valence-electron chi connectivity index (χ0n) is 6.53. The molecule has 0 aliphatic rings. The zero-order valence-corrected chi connectivity index (χ0v) is 7.35. The number of ether oxygens (including phenoxy) is 1. The third-order valence-corrected chi connectivity index (χ3v) is 1.80. The van der Waals surface area contributed by atoms with E-state index < -0.39 is 22.5 Å². The van der Waals surface area contributed by atoms with Crippen molar-refractivity contribution in [3.05, 3.63) is 0 Å². The van der Waals surface area contributed by atoms with Gasteiger partial charge in [-0.25, -0.2) is 0 Å². The Morgan fingerprint density at radius 3 is 2.55 bits per heavy atom. The van der Waals surface area contributed by atoms with Gasteiger partial charge in [0.1, 0.15) is 0 Å². The van der Waals surface area contributed by atoms with Crippen molar-refractivity contribution in [3.63, 3.8) is 0 Å². The molecule has 5 heteroatoms. The van der Waals surface area contributed by atoms with Crippen LogP contribution in [0.15, 0.2) is 0 Å². The number of rotatable bonds is 4. The van der Waals surface area contributed by atoms with Crippen molar-refractivity contribution in [1.82, 2.24) is 0 Å². The van der Waals surface area contributed by atoms with Crippen LogP contribution in [0.3, 0.4) is 0 Å². The molecule has 2 unspecified atom stereocenters. The molecule has 0 heterocycles. The Kier molecular flexibility index (Phi) is 5.06. The average molecular weight is 179 g/mol. The van der Waals surface area contributed by atoms with Crippen molar-refractivity contribution in [3.8, 4) is 0 Å². The fourth-order valence-electron chi connectivity index (χ4n) is 0.615. The molecule has 0 aliphatic carbocycles. The van der Waals surface area contributed by atoms with Crippen LogP contribution in [0.4, 0.5) is 0 Å². The van der Waals surface area contributed by atoms with Gasteiger partial charge in [0.2, 0.25) is 0 Å². The first-order valence-electron chi connectivity index (χ1n) is 3.33. The van der Waals surface area contributed by atoms with E-state index in [0.29, 0.717) is 12.8 Å². The standard InChI is InChI=1S/C6H12O4S/c1-3-4-6(11(8)9)10-5(2)7/h6H,3-4H2,1-2H3,(H,8,9)/p-1. The summed E-state index contributed by atoms with van der Waals surface area (Å²) in [5, 5.41) is 0. The van der Waals surface area contributed by atoms with E-state index in [2.05, 4.69) is 4.74 Å². The first-order valence-corrected chi connectivity index (χ1v) is 4.47. The molecule has 2 atom stereocenters. The van der Waals surface area contributed by atoms with Gasteiger partial charge in [-0.3, -0.25) is 9.00 Å². The summed E-state index contributed by atoms with van der Waals surface area (Å²) >= 11 is -2.32. The van der Waals surface area contributed by atoms with E-state index in [0.717, 1.165) is 0 Å². The Balaban J connectivity index is 3.89. The minimum absolute atomic E-state index is 0.357. The molecule has 11 heavy (non-hydrogen) atoms. The SMILES string of the molecule is CCCC(OC(C)=O)S(=O)[O-]. The third-order valence-electron chi connectivity index (χ3n) is 1.04. The molecule has 0 aromatic heterocycles. The molecule has 0 spiro atoms. The maximum absolute atomic E-state index is 10.3. The average Bonchev–Trinajstić information content (AvgIpc) is 1.86. The molecule has 0 aliphatic heterocycles. The number of carbonyl (C=O) groups is 1. The number of esters is 1. The second-order valence-corrected chi connectivity index (χ2v) is 3.13. The zero-order chi connectivity index (χ0) is 8.85. The van der Waals surface area contributed by atoms with Crippen molar-refractivity contribution in [2.24, 2.45) is 0 Å². The molecule has 0 amide bonds. The molecule has 0 radical (unpaired) electrons. The van der Waals surface area contributed by atoms with Crippen molar-refractivity contribution >= 4 is 17.0 Å². The summed E-state index contributed by atoms with van der Waals surface area (Å²) in [7, 11) is 0. The molecule has 0 fully saturated rings. The molecule has 0 N–H and O–H groups in total. The monoisotopic (exact) mass is 179 g/mol. The third kappa shape index (κ3) is 4.92. The van der Waals surface area contributed by atoms with E-state index in [9.17, 15) is 13.6 Å². The fourth-order valence-corrected chi connectivity index (χ4v) is 1.26. The maximum atomic E-state index is 10.3. The van der Waals surface area contributed by atoms with Gasteiger partial charge in [-0.05, 0) is 17.5 Å². The highest BCUT2D eigenvalue weighted by Crippen LogP contribution is 2.05. The lowest BCUT2D eigenvalue weighted by atomic mass is 10.4. The summed E-state index contributed by atoms with van der Waals surface area (Å²) in [6.07, 6.45) is 1.03. The molecule has 4 nitrogen and oxygen atoms in total.